The molecule has 5 nitrogen and oxygen atoms in total. The molecule has 1 aliphatic heterocycles. The van der Waals surface area contributed by atoms with Gasteiger partial charge in [0.15, 0.2) is 5.78 Å². The molecule has 6 heteroatoms. The van der Waals surface area contributed by atoms with Crippen LogP contribution in [0.4, 0.5) is 4.39 Å². The van der Waals surface area contributed by atoms with E-state index in [1.54, 1.807) is 4.90 Å². The first kappa shape index (κ1) is 13.6. The van der Waals surface area contributed by atoms with E-state index in [2.05, 4.69) is 0 Å². The zero-order valence-electron chi connectivity index (χ0n) is 10.3. The summed E-state index contributed by atoms with van der Waals surface area (Å²) in [7, 11) is 0. The van der Waals surface area contributed by atoms with Crippen molar-refractivity contribution in [1.82, 2.24) is 4.90 Å². The highest BCUT2D eigenvalue weighted by Gasteiger charge is 2.29. The van der Waals surface area contributed by atoms with Gasteiger partial charge in [-0.1, -0.05) is 0 Å². The standard InChI is InChI=1S/C13H15FN2O3/c14-10-3-1-9(2-4-10)12(17)7-16-5-6-19-8-11(16)13(15)18/h1-4,11H,5-8H2,(H2,15,18). The van der Waals surface area contributed by atoms with Gasteiger partial charge in [0.1, 0.15) is 11.9 Å². The summed E-state index contributed by atoms with van der Waals surface area (Å²) in [6, 6.07) is 4.74. The summed E-state index contributed by atoms with van der Waals surface area (Å²) in [4.78, 5) is 25.0. The molecule has 1 aromatic rings. The van der Waals surface area contributed by atoms with Gasteiger partial charge in [0, 0.05) is 12.1 Å². The molecular weight excluding hydrogens is 251 g/mol. The van der Waals surface area contributed by atoms with E-state index in [1.165, 1.54) is 24.3 Å². The van der Waals surface area contributed by atoms with E-state index in [0.717, 1.165) is 0 Å². The number of nitrogens with zero attached hydrogens (tertiary/aromatic N) is 1. The average molecular weight is 266 g/mol. The van der Waals surface area contributed by atoms with Crippen molar-refractivity contribution in [2.75, 3.05) is 26.3 Å². The van der Waals surface area contributed by atoms with Gasteiger partial charge in [-0.2, -0.15) is 0 Å². The number of amides is 1. The molecule has 0 radical (unpaired) electrons. The van der Waals surface area contributed by atoms with Crippen molar-refractivity contribution in [3.63, 3.8) is 0 Å². The first-order valence-corrected chi connectivity index (χ1v) is 5.98. The van der Waals surface area contributed by atoms with Crippen LogP contribution in [-0.4, -0.2) is 48.9 Å². The lowest BCUT2D eigenvalue weighted by molar-refractivity contribution is -0.128. The molecule has 0 bridgehead atoms. The molecule has 1 fully saturated rings. The van der Waals surface area contributed by atoms with Gasteiger partial charge >= 0.3 is 0 Å². The Hall–Kier alpha value is -1.79. The summed E-state index contributed by atoms with van der Waals surface area (Å²) >= 11 is 0. The number of ketones is 1. The molecule has 0 saturated carbocycles. The van der Waals surface area contributed by atoms with Crippen molar-refractivity contribution in [1.29, 1.82) is 0 Å². The fourth-order valence-corrected chi connectivity index (χ4v) is 2.00. The van der Waals surface area contributed by atoms with E-state index in [0.29, 0.717) is 18.7 Å². The van der Waals surface area contributed by atoms with E-state index >= 15 is 0 Å². The van der Waals surface area contributed by atoms with Gasteiger partial charge in [-0.15, -0.1) is 0 Å². The van der Waals surface area contributed by atoms with Gasteiger partial charge in [-0.3, -0.25) is 14.5 Å². The van der Waals surface area contributed by atoms with Gasteiger partial charge in [-0.25, -0.2) is 4.39 Å². The lowest BCUT2D eigenvalue weighted by atomic mass is 10.1. The molecule has 1 heterocycles. The summed E-state index contributed by atoms with van der Waals surface area (Å²) in [5.74, 6) is -1.07. The predicted molar refractivity (Wildman–Crippen MR) is 66.1 cm³/mol. The van der Waals surface area contributed by atoms with Crippen LogP contribution in [0.25, 0.3) is 0 Å². The minimum absolute atomic E-state index is 0.0720. The van der Waals surface area contributed by atoms with E-state index in [1.807, 2.05) is 0 Å². The van der Waals surface area contributed by atoms with Crippen LogP contribution in [0.1, 0.15) is 10.4 Å². The molecule has 0 spiro atoms. The monoisotopic (exact) mass is 266 g/mol. The lowest BCUT2D eigenvalue weighted by Crippen LogP contribution is -2.53. The number of benzene rings is 1. The Labute approximate surface area is 110 Å². The number of primary amides is 1. The topological polar surface area (TPSA) is 72.6 Å². The number of Topliss-reactive ketones (excluding diaryl/α,β-unsaturated/α-hetero) is 1. The van der Waals surface area contributed by atoms with Crippen molar-refractivity contribution < 1.29 is 18.7 Å². The number of hydrogen-bond acceptors (Lipinski definition) is 4. The zero-order valence-corrected chi connectivity index (χ0v) is 10.3. The molecule has 1 amide bonds. The molecule has 0 aliphatic carbocycles. The molecule has 1 aromatic carbocycles. The molecule has 0 aromatic heterocycles. The highest BCUT2D eigenvalue weighted by molar-refractivity contribution is 5.98. The normalized spacial score (nSPS) is 20.2. The summed E-state index contributed by atoms with van der Waals surface area (Å²) < 4.78 is 18.0. The largest absolute Gasteiger partial charge is 0.378 e. The smallest absolute Gasteiger partial charge is 0.237 e. The second kappa shape index (κ2) is 5.90. The van der Waals surface area contributed by atoms with Crippen LogP contribution in [0.2, 0.25) is 0 Å². The Balaban J connectivity index is 2.04. The number of carbonyl (C=O) groups excluding carboxylic acids is 2. The number of carbonyl (C=O) groups is 2. The number of rotatable bonds is 4. The third-order valence-corrected chi connectivity index (χ3v) is 3.08. The van der Waals surface area contributed by atoms with Gasteiger partial charge < -0.3 is 10.5 Å². The summed E-state index contributed by atoms with van der Waals surface area (Å²) in [6.07, 6.45) is 0. The fraction of sp³-hybridized carbons (Fsp3) is 0.385. The van der Waals surface area contributed by atoms with E-state index < -0.39 is 17.8 Å². The number of hydrogen-bond donors (Lipinski definition) is 1. The highest BCUT2D eigenvalue weighted by atomic mass is 19.1. The quantitative estimate of drug-likeness (QED) is 0.790. The molecule has 1 atom stereocenters. The van der Waals surface area contributed by atoms with Crippen molar-refractivity contribution in [2.45, 2.75) is 6.04 Å². The third-order valence-electron chi connectivity index (χ3n) is 3.08. The Morgan fingerprint density at radius 3 is 2.68 bits per heavy atom. The first-order valence-electron chi connectivity index (χ1n) is 5.98. The maximum absolute atomic E-state index is 12.8. The highest BCUT2D eigenvalue weighted by Crippen LogP contribution is 2.10. The van der Waals surface area contributed by atoms with Crippen LogP contribution in [0.5, 0.6) is 0 Å². The summed E-state index contributed by atoms with van der Waals surface area (Å²) in [5, 5.41) is 0. The first-order chi connectivity index (χ1) is 9.08. The molecule has 2 N–H and O–H groups in total. The van der Waals surface area contributed by atoms with E-state index in [-0.39, 0.29) is 18.9 Å². The SMILES string of the molecule is NC(=O)C1COCCN1CC(=O)c1ccc(F)cc1. The zero-order chi connectivity index (χ0) is 13.8. The molecule has 102 valence electrons. The lowest BCUT2D eigenvalue weighted by Gasteiger charge is -2.32. The van der Waals surface area contributed by atoms with Crippen molar-refractivity contribution in [3.05, 3.63) is 35.6 Å². The third kappa shape index (κ3) is 3.36. The molecule has 1 aliphatic rings. The van der Waals surface area contributed by atoms with Crippen LogP contribution in [0.3, 0.4) is 0 Å². The molecule has 2 rings (SSSR count). The summed E-state index contributed by atoms with van der Waals surface area (Å²) in [6.45, 7) is 1.20. The predicted octanol–water partition coefficient (Wildman–Crippen LogP) is 0.195. The van der Waals surface area contributed by atoms with Crippen LogP contribution < -0.4 is 5.73 Å². The Bertz CT molecular complexity index is 475. The Morgan fingerprint density at radius 1 is 1.37 bits per heavy atom. The Kier molecular flexibility index (Phi) is 4.24. The molecule has 1 unspecified atom stereocenters. The number of ether oxygens (including phenoxy) is 1. The maximum Gasteiger partial charge on any atom is 0.237 e. The second-order valence-electron chi connectivity index (χ2n) is 4.39. The minimum atomic E-state index is -0.585. The van der Waals surface area contributed by atoms with E-state index in [4.69, 9.17) is 10.5 Å². The second-order valence-corrected chi connectivity index (χ2v) is 4.39. The van der Waals surface area contributed by atoms with Crippen LogP contribution >= 0.6 is 0 Å². The van der Waals surface area contributed by atoms with Gasteiger partial charge in [0.2, 0.25) is 5.91 Å². The molecule has 1 saturated heterocycles. The van der Waals surface area contributed by atoms with Crippen molar-refractivity contribution in [3.8, 4) is 0 Å². The average Bonchev–Trinajstić information content (AvgIpc) is 2.39. The van der Waals surface area contributed by atoms with Crippen LogP contribution in [0, 0.1) is 5.82 Å². The maximum atomic E-state index is 12.8. The Morgan fingerprint density at radius 2 is 2.05 bits per heavy atom. The molecular formula is C13H15FN2O3. The molecule has 19 heavy (non-hydrogen) atoms. The van der Waals surface area contributed by atoms with Crippen molar-refractivity contribution >= 4 is 11.7 Å². The van der Waals surface area contributed by atoms with Crippen molar-refractivity contribution in [2.24, 2.45) is 5.73 Å². The van der Waals surface area contributed by atoms with E-state index in [9.17, 15) is 14.0 Å². The fourth-order valence-electron chi connectivity index (χ4n) is 2.00. The van der Waals surface area contributed by atoms with Crippen LogP contribution in [-0.2, 0) is 9.53 Å². The number of morpholine rings is 1. The van der Waals surface area contributed by atoms with Gasteiger partial charge in [0.05, 0.1) is 19.8 Å². The number of halogens is 1. The van der Waals surface area contributed by atoms with Crippen LogP contribution in [0.15, 0.2) is 24.3 Å². The minimum Gasteiger partial charge on any atom is -0.378 e. The van der Waals surface area contributed by atoms with Gasteiger partial charge in [-0.05, 0) is 24.3 Å². The number of nitrogens with two attached hydrogens (primary N) is 1. The summed E-state index contributed by atoms with van der Waals surface area (Å²) in [5.41, 5.74) is 5.68. The van der Waals surface area contributed by atoms with Gasteiger partial charge in [0.25, 0.3) is 0 Å².